The molecule has 1 aromatic carbocycles. The standard InChI is InChI=1S/C14H9F10NO4/c15-11(16,13(19,20)21)9(27)25-5-8(26)6-2-1-3-7(4-6)29-10(28)12(17,18)14(22,23)24/h1-4,8,26H,5H2,(H,25,27). The lowest BCUT2D eigenvalue weighted by atomic mass is 10.1. The minimum atomic E-state index is -6.25. The summed E-state index contributed by atoms with van der Waals surface area (Å²) in [7, 11) is 0. The van der Waals surface area contributed by atoms with Crippen LogP contribution >= 0.6 is 0 Å². The normalized spacial score (nSPS) is 14.3. The third-order valence-electron chi connectivity index (χ3n) is 3.16. The Labute approximate surface area is 154 Å². The lowest BCUT2D eigenvalue weighted by Crippen LogP contribution is -2.51. The van der Waals surface area contributed by atoms with E-state index in [1.807, 2.05) is 0 Å². The first kappa shape index (κ1) is 24.5. The zero-order chi connectivity index (χ0) is 22.8. The number of aliphatic hydroxyl groups is 1. The molecule has 2 N–H and O–H groups in total. The fourth-order valence-corrected chi connectivity index (χ4v) is 1.62. The molecule has 0 bridgehead atoms. The van der Waals surface area contributed by atoms with Gasteiger partial charge in [-0.3, -0.25) is 4.79 Å². The number of esters is 1. The number of nitrogens with one attached hydrogen (secondary N) is 1. The lowest BCUT2D eigenvalue weighted by Gasteiger charge is -2.20. The van der Waals surface area contributed by atoms with Gasteiger partial charge in [0.05, 0.1) is 6.10 Å². The fourth-order valence-electron chi connectivity index (χ4n) is 1.62. The summed E-state index contributed by atoms with van der Waals surface area (Å²) in [5.74, 6) is -18.4. The van der Waals surface area contributed by atoms with Crippen molar-refractivity contribution in [3.8, 4) is 5.75 Å². The van der Waals surface area contributed by atoms with Gasteiger partial charge in [-0.05, 0) is 17.7 Å². The largest absolute Gasteiger partial charge is 0.465 e. The van der Waals surface area contributed by atoms with Crippen LogP contribution in [0.25, 0.3) is 0 Å². The predicted octanol–water partition coefficient (Wildman–Crippen LogP) is 3.14. The fraction of sp³-hybridized carbons (Fsp3) is 0.429. The summed E-state index contributed by atoms with van der Waals surface area (Å²) < 4.78 is 127. The Morgan fingerprint density at radius 1 is 0.931 bits per heavy atom. The second kappa shape index (κ2) is 8.04. The van der Waals surface area contributed by atoms with Crippen LogP contribution < -0.4 is 10.1 Å². The third-order valence-corrected chi connectivity index (χ3v) is 3.16. The van der Waals surface area contributed by atoms with Crippen molar-refractivity contribution < 1.29 is 63.3 Å². The average Bonchev–Trinajstić information content (AvgIpc) is 2.57. The van der Waals surface area contributed by atoms with E-state index in [1.165, 1.54) is 0 Å². The van der Waals surface area contributed by atoms with Gasteiger partial charge in [0.1, 0.15) is 5.75 Å². The maximum atomic E-state index is 12.8. The summed E-state index contributed by atoms with van der Waals surface area (Å²) in [5, 5.41) is 10.8. The monoisotopic (exact) mass is 445 g/mol. The van der Waals surface area contributed by atoms with Crippen molar-refractivity contribution in [3.63, 3.8) is 0 Å². The Morgan fingerprint density at radius 2 is 1.45 bits per heavy atom. The Morgan fingerprint density at radius 3 is 1.93 bits per heavy atom. The molecule has 5 nitrogen and oxygen atoms in total. The molecular weight excluding hydrogens is 436 g/mol. The molecule has 1 unspecified atom stereocenters. The third kappa shape index (κ3) is 5.48. The molecule has 0 spiro atoms. The van der Waals surface area contributed by atoms with Crippen molar-refractivity contribution in [2.24, 2.45) is 0 Å². The molecule has 1 rings (SSSR count). The molecule has 0 aromatic heterocycles. The first-order chi connectivity index (χ1) is 12.9. The van der Waals surface area contributed by atoms with Crippen molar-refractivity contribution in [2.75, 3.05) is 6.54 Å². The van der Waals surface area contributed by atoms with Crippen molar-refractivity contribution >= 4 is 11.9 Å². The van der Waals surface area contributed by atoms with Gasteiger partial charge in [0.25, 0.3) is 5.91 Å². The molecule has 1 aromatic rings. The molecule has 0 radical (unpaired) electrons. The maximum absolute atomic E-state index is 12.8. The molecular formula is C14H9F10NO4. The molecule has 1 atom stereocenters. The van der Waals surface area contributed by atoms with Gasteiger partial charge in [0.15, 0.2) is 0 Å². The summed E-state index contributed by atoms with van der Waals surface area (Å²) in [6.45, 7) is -1.22. The SMILES string of the molecule is O=C(NCC(O)c1cccc(OC(=O)C(F)(F)C(F)(F)F)c1)C(F)(F)C(F)(F)F. The van der Waals surface area contributed by atoms with Gasteiger partial charge in [-0.15, -0.1) is 0 Å². The summed E-state index contributed by atoms with van der Waals surface area (Å²) in [4.78, 5) is 21.9. The summed E-state index contributed by atoms with van der Waals surface area (Å²) in [6, 6.07) is 3.05. The average molecular weight is 445 g/mol. The topological polar surface area (TPSA) is 75.6 Å². The van der Waals surface area contributed by atoms with Crippen LogP contribution in [0, 0.1) is 0 Å². The van der Waals surface area contributed by atoms with E-state index in [0.29, 0.717) is 6.07 Å². The zero-order valence-electron chi connectivity index (χ0n) is 13.5. The van der Waals surface area contributed by atoms with Crippen LogP contribution in [0.2, 0.25) is 0 Å². The number of rotatable bonds is 6. The van der Waals surface area contributed by atoms with E-state index in [9.17, 15) is 58.6 Å². The van der Waals surface area contributed by atoms with Gasteiger partial charge >= 0.3 is 30.2 Å². The number of carbonyl (C=O) groups excluding carboxylic acids is 2. The van der Waals surface area contributed by atoms with E-state index >= 15 is 0 Å². The van der Waals surface area contributed by atoms with Crippen LogP contribution in [0.1, 0.15) is 11.7 Å². The predicted molar refractivity (Wildman–Crippen MR) is 72.1 cm³/mol. The van der Waals surface area contributed by atoms with Crippen LogP contribution in [0.15, 0.2) is 24.3 Å². The van der Waals surface area contributed by atoms with Crippen LogP contribution in [-0.2, 0) is 9.59 Å². The molecule has 0 fully saturated rings. The van der Waals surface area contributed by atoms with Gasteiger partial charge in [-0.25, -0.2) is 4.79 Å². The van der Waals surface area contributed by atoms with E-state index in [0.717, 1.165) is 23.5 Å². The highest BCUT2D eigenvalue weighted by Gasteiger charge is 2.65. The number of aliphatic hydroxyl groups excluding tert-OH is 1. The molecule has 164 valence electrons. The van der Waals surface area contributed by atoms with E-state index < -0.39 is 60.0 Å². The number of amides is 1. The Balaban J connectivity index is 2.85. The summed E-state index contributed by atoms with van der Waals surface area (Å²) >= 11 is 0. The lowest BCUT2D eigenvalue weighted by molar-refractivity contribution is -0.276. The van der Waals surface area contributed by atoms with Gasteiger partial charge < -0.3 is 15.2 Å². The molecule has 1 amide bonds. The minimum absolute atomic E-state index is 0.471. The highest BCUT2D eigenvalue weighted by atomic mass is 19.4. The zero-order valence-corrected chi connectivity index (χ0v) is 13.5. The first-order valence-corrected chi connectivity index (χ1v) is 7.09. The smallest absolute Gasteiger partial charge is 0.422 e. The molecule has 0 aliphatic carbocycles. The van der Waals surface area contributed by atoms with Crippen LogP contribution in [0.5, 0.6) is 5.75 Å². The molecule has 0 saturated heterocycles. The first-order valence-electron chi connectivity index (χ1n) is 7.09. The van der Waals surface area contributed by atoms with E-state index in [-0.39, 0.29) is 0 Å². The van der Waals surface area contributed by atoms with Crippen LogP contribution in [-0.4, -0.2) is 47.7 Å². The van der Waals surface area contributed by atoms with E-state index in [1.54, 1.807) is 0 Å². The molecule has 0 aliphatic rings. The van der Waals surface area contributed by atoms with Crippen molar-refractivity contribution in [2.45, 2.75) is 30.3 Å². The Kier molecular flexibility index (Phi) is 6.78. The molecule has 29 heavy (non-hydrogen) atoms. The Hall–Kier alpha value is -2.58. The van der Waals surface area contributed by atoms with Gasteiger partial charge in [0, 0.05) is 6.54 Å². The highest BCUT2D eigenvalue weighted by Crippen LogP contribution is 2.37. The summed E-state index contributed by atoms with van der Waals surface area (Å²) in [6.07, 6.45) is -14.5. The van der Waals surface area contributed by atoms with Crippen LogP contribution in [0.4, 0.5) is 43.9 Å². The van der Waals surface area contributed by atoms with Crippen molar-refractivity contribution in [3.05, 3.63) is 29.8 Å². The number of carbonyl (C=O) groups is 2. The van der Waals surface area contributed by atoms with Crippen molar-refractivity contribution in [1.82, 2.24) is 5.32 Å². The second-order valence-corrected chi connectivity index (χ2v) is 5.33. The number of ether oxygens (including phenoxy) is 1. The minimum Gasteiger partial charge on any atom is -0.422 e. The number of benzene rings is 1. The number of hydrogen-bond acceptors (Lipinski definition) is 4. The number of alkyl halides is 10. The quantitative estimate of drug-likeness (QED) is 0.401. The summed E-state index contributed by atoms with van der Waals surface area (Å²) in [5.41, 5.74) is -0.471. The van der Waals surface area contributed by atoms with Gasteiger partial charge in [-0.1, -0.05) is 12.1 Å². The second-order valence-electron chi connectivity index (χ2n) is 5.33. The van der Waals surface area contributed by atoms with Gasteiger partial charge in [0.2, 0.25) is 0 Å². The number of halogens is 10. The molecule has 15 heteroatoms. The number of hydrogen-bond donors (Lipinski definition) is 2. The highest BCUT2D eigenvalue weighted by molar-refractivity contribution is 5.84. The molecule has 0 aliphatic heterocycles. The van der Waals surface area contributed by atoms with Crippen LogP contribution in [0.3, 0.4) is 0 Å². The molecule has 0 heterocycles. The van der Waals surface area contributed by atoms with Crippen molar-refractivity contribution in [1.29, 1.82) is 0 Å². The van der Waals surface area contributed by atoms with E-state index in [2.05, 4.69) is 4.74 Å². The van der Waals surface area contributed by atoms with E-state index in [4.69, 9.17) is 0 Å². The maximum Gasteiger partial charge on any atom is 0.465 e. The Bertz CT molecular complexity index is 759. The van der Waals surface area contributed by atoms with Gasteiger partial charge in [-0.2, -0.15) is 43.9 Å². The molecule has 0 saturated carbocycles.